The van der Waals surface area contributed by atoms with Crippen LogP contribution in [0.1, 0.15) is 303 Å². The molecule has 0 heterocycles. The number of hydrogen-bond donors (Lipinski definition) is 0. The summed E-state index contributed by atoms with van der Waals surface area (Å²) in [6.45, 7) is 6.61. The van der Waals surface area contributed by atoms with Gasteiger partial charge in [-0.2, -0.15) is 0 Å². The predicted octanol–water partition coefficient (Wildman–Crippen LogP) is 17.2. The lowest BCUT2D eigenvalue weighted by Crippen LogP contribution is -2.30. The molecule has 0 aromatic carbocycles. The van der Waals surface area contributed by atoms with Gasteiger partial charge in [0, 0.05) is 19.3 Å². The molecule has 1 atom stereocenters. The van der Waals surface area contributed by atoms with E-state index in [4.69, 9.17) is 14.2 Å². The van der Waals surface area contributed by atoms with Crippen LogP contribution in [0.3, 0.4) is 0 Å². The van der Waals surface area contributed by atoms with Crippen LogP contribution >= 0.6 is 0 Å². The Morgan fingerprint density at radius 2 is 0.458 bits per heavy atom. The van der Waals surface area contributed by atoms with Gasteiger partial charge >= 0.3 is 17.9 Å². The lowest BCUT2D eigenvalue weighted by atomic mass is 10.0. The largest absolute Gasteiger partial charge is 0.462 e. The molecule has 0 rings (SSSR count). The van der Waals surface area contributed by atoms with E-state index in [0.29, 0.717) is 19.3 Å². The minimum absolute atomic E-state index is 0.0630. The number of rotatable bonds is 49. The normalized spacial score (nSPS) is 11.8. The van der Waals surface area contributed by atoms with Crippen molar-refractivity contribution in [2.45, 2.75) is 309 Å². The minimum atomic E-state index is -0.758. The molecule has 0 fully saturated rings. The van der Waals surface area contributed by atoms with Crippen LogP contribution in [0.4, 0.5) is 0 Å². The lowest BCUT2D eigenvalue weighted by Gasteiger charge is -2.18. The highest BCUT2D eigenvalue weighted by Gasteiger charge is 2.19. The maximum atomic E-state index is 12.7. The standard InChI is InChI=1S/C53H102O6/c1-4-7-10-13-15-17-19-21-23-25-26-28-29-31-33-35-37-40-43-46-52(55)58-49-50(48-57-51(54)45-42-39-12-9-6-3)59-53(56)47-44-41-38-36-34-32-30-27-24-22-20-18-16-14-11-8-5-2/h50H,4-49H2,1-3H3/t50-/m1/s1. The Morgan fingerprint density at radius 1 is 0.271 bits per heavy atom. The fourth-order valence-electron chi connectivity index (χ4n) is 8.09. The van der Waals surface area contributed by atoms with Crippen LogP contribution in [0, 0.1) is 0 Å². The van der Waals surface area contributed by atoms with E-state index in [-0.39, 0.29) is 31.1 Å². The number of hydrogen-bond acceptors (Lipinski definition) is 6. The van der Waals surface area contributed by atoms with Gasteiger partial charge in [0.1, 0.15) is 13.2 Å². The topological polar surface area (TPSA) is 78.9 Å². The summed E-state index contributed by atoms with van der Waals surface area (Å²) in [5.41, 5.74) is 0. The van der Waals surface area contributed by atoms with E-state index in [1.165, 1.54) is 199 Å². The summed E-state index contributed by atoms with van der Waals surface area (Å²) in [4.78, 5) is 37.7. The minimum Gasteiger partial charge on any atom is -0.462 e. The first-order valence-electron chi connectivity index (χ1n) is 26.5. The highest BCUT2D eigenvalue weighted by Crippen LogP contribution is 2.17. The molecule has 0 amide bonds. The van der Waals surface area contributed by atoms with Crippen molar-refractivity contribution in [3.8, 4) is 0 Å². The van der Waals surface area contributed by atoms with Crippen molar-refractivity contribution in [3.05, 3.63) is 0 Å². The predicted molar refractivity (Wildman–Crippen MR) is 252 cm³/mol. The molecule has 0 N–H and O–H groups in total. The number of esters is 3. The molecule has 0 saturated carbocycles. The van der Waals surface area contributed by atoms with E-state index < -0.39 is 6.10 Å². The Balaban J connectivity index is 4.07. The summed E-state index contributed by atoms with van der Waals surface area (Å²) in [5, 5.41) is 0. The average Bonchev–Trinajstić information content (AvgIpc) is 3.23. The Hall–Kier alpha value is -1.59. The van der Waals surface area contributed by atoms with Gasteiger partial charge in [-0.15, -0.1) is 0 Å². The first kappa shape index (κ1) is 57.4. The molecule has 0 spiro atoms. The zero-order valence-corrected chi connectivity index (χ0v) is 40.1. The summed E-state index contributed by atoms with van der Waals surface area (Å²) in [5.74, 6) is -0.856. The van der Waals surface area contributed by atoms with Gasteiger partial charge in [0.15, 0.2) is 6.10 Å². The van der Waals surface area contributed by atoms with Crippen LogP contribution in [-0.4, -0.2) is 37.2 Å². The molecule has 6 heteroatoms. The number of carbonyl (C=O) groups is 3. The van der Waals surface area contributed by atoms with Crippen LogP contribution < -0.4 is 0 Å². The molecule has 0 unspecified atom stereocenters. The van der Waals surface area contributed by atoms with Gasteiger partial charge in [0.05, 0.1) is 0 Å². The summed E-state index contributed by atoms with van der Waals surface area (Å²) in [7, 11) is 0. The van der Waals surface area contributed by atoms with Crippen LogP contribution in [0.15, 0.2) is 0 Å². The third-order valence-electron chi connectivity index (χ3n) is 12.1. The third-order valence-corrected chi connectivity index (χ3v) is 12.1. The van der Waals surface area contributed by atoms with E-state index in [1.54, 1.807) is 0 Å². The molecule has 0 aliphatic heterocycles. The highest BCUT2D eigenvalue weighted by atomic mass is 16.6. The van der Waals surface area contributed by atoms with E-state index in [2.05, 4.69) is 20.8 Å². The fourth-order valence-corrected chi connectivity index (χ4v) is 8.09. The van der Waals surface area contributed by atoms with Crippen molar-refractivity contribution in [1.82, 2.24) is 0 Å². The van der Waals surface area contributed by atoms with Crippen molar-refractivity contribution in [2.75, 3.05) is 13.2 Å². The van der Waals surface area contributed by atoms with E-state index in [9.17, 15) is 14.4 Å². The second-order valence-electron chi connectivity index (χ2n) is 18.2. The zero-order chi connectivity index (χ0) is 43.0. The van der Waals surface area contributed by atoms with E-state index >= 15 is 0 Å². The van der Waals surface area contributed by atoms with E-state index in [1.807, 2.05) is 0 Å². The van der Waals surface area contributed by atoms with Crippen molar-refractivity contribution >= 4 is 17.9 Å². The Morgan fingerprint density at radius 3 is 0.678 bits per heavy atom. The molecule has 0 aromatic rings. The summed E-state index contributed by atoms with van der Waals surface area (Å²) >= 11 is 0. The third kappa shape index (κ3) is 47.3. The Kier molecular flexibility index (Phi) is 47.7. The molecule has 0 bridgehead atoms. The van der Waals surface area contributed by atoms with Crippen LogP contribution in [0.2, 0.25) is 0 Å². The maximum absolute atomic E-state index is 12.7. The smallest absolute Gasteiger partial charge is 0.306 e. The van der Waals surface area contributed by atoms with Gasteiger partial charge in [0.25, 0.3) is 0 Å². The Labute approximate surface area is 368 Å². The van der Waals surface area contributed by atoms with Crippen molar-refractivity contribution in [3.63, 3.8) is 0 Å². The number of carbonyl (C=O) groups excluding carboxylic acids is 3. The van der Waals surface area contributed by atoms with Crippen LogP contribution in [-0.2, 0) is 28.6 Å². The van der Waals surface area contributed by atoms with Gasteiger partial charge in [-0.05, 0) is 19.3 Å². The Bertz CT molecular complexity index is 874. The van der Waals surface area contributed by atoms with Crippen LogP contribution in [0.5, 0.6) is 0 Å². The zero-order valence-electron chi connectivity index (χ0n) is 40.1. The van der Waals surface area contributed by atoms with Gasteiger partial charge in [-0.1, -0.05) is 265 Å². The molecule has 6 nitrogen and oxygen atoms in total. The molecule has 0 aromatic heterocycles. The SMILES string of the molecule is CCCCCCCCCCCCCCCCCCCCCC(=O)OC[C@@H](COC(=O)CCCCCCC)OC(=O)CCCCCCCCCCCCCCCCCCC. The molecular weight excluding hydrogens is 733 g/mol. The molecule has 350 valence electrons. The van der Waals surface area contributed by atoms with Crippen molar-refractivity contribution < 1.29 is 28.6 Å². The average molecular weight is 835 g/mol. The lowest BCUT2D eigenvalue weighted by molar-refractivity contribution is -0.167. The number of unbranched alkanes of at least 4 members (excludes halogenated alkanes) is 38. The summed E-state index contributed by atoms with van der Waals surface area (Å²) in [6.07, 6.45) is 52.7. The fraction of sp³-hybridized carbons (Fsp3) is 0.943. The monoisotopic (exact) mass is 835 g/mol. The molecule has 0 radical (unpaired) electrons. The van der Waals surface area contributed by atoms with Crippen molar-refractivity contribution in [2.24, 2.45) is 0 Å². The second-order valence-corrected chi connectivity index (χ2v) is 18.2. The first-order chi connectivity index (χ1) is 29.0. The van der Waals surface area contributed by atoms with Gasteiger partial charge in [-0.25, -0.2) is 0 Å². The molecule has 0 aliphatic carbocycles. The maximum Gasteiger partial charge on any atom is 0.306 e. The summed E-state index contributed by atoms with van der Waals surface area (Å²) in [6, 6.07) is 0. The quantitative estimate of drug-likeness (QED) is 0.0345. The highest BCUT2D eigenvalue weighted by molar-refractivity contribution is 5.71. The number of ether oxygens (including phenoxy) is 3. The molecule has 0 aliphatic rings. The first-order valence-corrected chi connectivity index (χ1v) is 26.5. The molecular formula is C53H102O6. The summed E-state index contributed by atoms with van der Waals surface area (Å²) < 4.78 is 16.7. The van der Waals surface area contributed by atoms with Gasteiger partial charge < -0.3 is 14.2 Å². The van der Waals surface area contributed by atoms with Gasteiger partial charge in [-0.3, -0.25) is 14.4 Å². The second kappa shape index (κ2) is 49.1. The van der Waals surface area contributed by atoms with Crippen LogP contribution in [0.25, 0.3) is 0 Å². The molecule has 0 saturated heterocycles. The molecule has 59 heavy (non-hydrogen) atoms. The van der Waals surface area contributed by atoms with Crippen molar-refractivity contribution in [1.29, 1.82) is 0 Å². The van der Waals surface area contributed by atoms with E-state index in [0.717, 1.165) is 64.2 Å². The van der Waals surface area contributed by atoms with Gasteiger partial charge in [0.2, 0.25) is 0 Å².